The average molecular weight is 431 g/mol. The van der Waals surface area contributed by atoms with Gasteiger partial charge in [-0.2, -0.15) is 0 Å². The number of sulfonamides is 1. The lowest BCUT2D eigenvalue weighted by Gasteiger charge is -2.19. The number of halogens is 1. The maximum Gasteiger partial charge on any atom is 0.287 e. The lowest BCUT2D eigenvalue weighted by molar-refractivity contribution is -0.115. The molecule has 0 aliphatic carbocycles. The van der Waals surface area contributed by atoms with Crippen LogP contribution in [-0.4, -0.2) is 31.7 Å². The number of oxazole rings is 1. The van der Waals surface area contributed by atoms with Gasteiger partial charge in [-0.1, -0.05) is 41.9 Å². The molecule has 3 aromatic rings. The van der Waals surface area contributed by atoms with Crippen molar-refractivity contribution in [1.29, 1.82) is 0 Å². The molecule has 0 bridgehead atoms. The Morgan fingerprint density at radius 3 is 2.72 bits per heavy atom. The van der Waals surface area contributed by atoms with Gasteiger partial charge in [0.2, 0.25) is 11.7 Å². The van der Waals surface area contributed by atoms with E-state index in [4.69, 9.17) is 16.0 Å². The van der Waals surface area contributed by atoms with E-state index in [2.05, 4.69) is 20.0 Å². The SMILES string of the molecule is O=C(NCC(c1ccccc1)c1ncco1)C1=Nc2ccc(Cl)cc2S(=O)(=O)N1. The number of benzene rings is 2. The third kappa shape index (κ3) is 4.01. The molecule has 2 N–H and O–H groups in total. The molecule has 2 heterocycles. The molecule has 0 radical (unpaired) electrons. The minimum Gasteiger partial charge on any atom is -0.448 e. The summed E-state index contributed by atoms with van der Waals surface area (Å²) >= 11 is 5.86. The van der Waals surface area contributed by atoms with E-state index in [1.807, 2.05) is 30.3 Å². The summed E-state index contributed by atoms with van der Waals surface area (Å²) in [5, 5.41) is 2.95. The number of hydrogen-bond acceptors (Lipinski definition) is 6. The summed E-state index contributed by atoms with van der Waals surface area (Å²) in [6, 6.07) is 13.6. The van der Waals surface area contributed by atoms with Crippen LogP contribution >= 0.6 is 11.6 Å². The fraction of sp³-hybridized carbons (Fsp3) is 0.105. The Balaban J connectivity index is 1.57. The molecular formula is C19H15ClN4O4S. The number of fused-ring (bicyclic) bond motifs is 1. The van der Waals surface area contributed by atoms with Gasteiger partial charge in [-0.3, -0.25) is 9.52 Å². The summed E-state index contributed by atoms with van der Waals surface area (Å²) in [7, 11) is -3.95. The van der Waals surface area contributed by atoms with Gasteiger partial charge in [0, 0.05) is 11.6 Å². The van der Waals surface area contributed by atoms with Crippen LogP contribution < -0.4 is 10.0 Å². The maximum absolute atomic E-state index is 12.6. The molecule has 1 amide bonds. The second kappa shape index (κ2) is 7.69. The number of hydrogen-bond donors (Lipinski definition) is 2. The molecule has 0 saturated heterocycles. The van der Waals surface area contributed by atoms with Crippen molar-refractivity contribution in [3.8, 4) is 0 Å². The number of amidine groups is 1. The second-order valence-corrected chi connectivity index (χ2v) is 8.31. The van der Waals surface area contributed by atoms with Crippen molar-refractivity contribution in [3.63, 3.8) is 0 Å². The number of rotatable bonds is 5. The molecule has 148 valence electrons. The molecule has 1 atom stereocenters. The maximum atomic E-state index is 12.6. The number of carbonyl (C=O) groups is 1. The highest BCUT2D eigenvalue weighted by atomic mass is 35.5. The summed E-state index contributed by atoms with van der Waals surface area (Å²) in [6.45, 7) is 0.136. The van der Waals surface area contributed by atoms with E-state index >= 15 is 0 Å². The van der Waals surface area contributed by atoms with E-state index in [0.29, 0.717) is 5.89 Å². The van der Waals surface area contributed by atoms with Crippen LogP contribution in [0.25, 0.3) is 0 Å². The molecule has 1 aliphatic heterocycles. The van der Waals surface area contributed by atoms with Gasteiger partial charge in [-0.05, 0) is 23.8 Å². The van der Waals surface area contributed by atoms with Crippen molar-refractivity contribution in [3.05, 3.63) is 77.5 Å². The molecular weight excluding hydrogens is 416 g/mol. The summed E-state index contributed by atoms with van der Waals surface area (Å²) < 4.78 is 32.5. The van der Waals surface area contributed by atoms with Crippen molar-refractivity contribution in [2.75, 3.05) is 6.54 Å². The highest BCUT2D eigenvalue weighted by molar-refractivity contribution is 7.90. The van der Waals surface area contributed by atoms with Gasteiger partial charge in [0.25, 0.3) is 15.9 Å². The number of amides is 1. The molecule has 0 fully saturated rings. The van der Waals surface area contributed by atoms with Crippen molar-refractivity contribution >= 4 is 39.1 Å². The van der Waals surface area contributed by atoms with Crippen LogP contribution in [-0.2, 0) is 14.8 Å². The lowest BCUT2D eigenvalue weighted by atomic mass is 9.99. The largest absolute Gasteiger partial charge is 0.448 e. The quantitative estimate of drug-likeness (QED) is 0.645. The number of nitrogens with zero attached hydrogens (tertiary/aromatic N) is 2. The number of aliphatic imine (C=N–C) groups is 1. The normalized spacial score (nSPS) is 15.6. The Hall–Kier alpha value is -3.17. The minimum atomic E-state index is -3.95. The fourth-order valence-electron chi connectivity index (χ4n) is 2.94. The molecule has 2 aromatic carbocycles. The molecule has 29 heavy (non-hydrogen) atoms. The molecule has 0 saturated carbocycles. The standard InChI is InChI=1S/C19H15ClN4O4S/c20-13-6-7-15-16(10-13)29(26,27)24-17(23-15)18(25)22-11-14(19-21-8-9-28-19)12-4-2-1-3-5-12/h1-10,14H,11H2,(H,22,25)(H,23,24). The van der Waals surface area contributed by atoms with Crippen LogP contribution in [0.2, 0.25) is 5.02 Å². The van der Waals surface area contributed by atoms with Crippen molar-refractivity contribution in [2.24, 2.45) is 4.99 Å². The van der Waals surface area contributed by atoms with Crippen LogP contribution in [0.15, 0.2) is 75.3 Å². The van der Waals surface area contributed by atoms with Crippen molar-refractivity contribution < 1.29 is 17.6 Å². The Kier molecular flexibility index (Phi) is 5.08. The Bertz CT molecular complexity index is 1180. The van der Waals surface area contributed by atoms with E-state index in [-0.39, 0.29) is 33.9 Å². The molecule has 0 spiro atoms. The van der Waals surface area contributed by atoms with Crippen LogP contribution in [0, 0.1) is 0 Å². The second-order valence-electron chi connectivity index (χ2n) is 6.22. The first-order chi connectivity index (χ1) is 13.9. The van der Waals surface area contributed by atoms with Gasteiger partial charge in [0.05, 0.1) is 17.8 Å². The van der Waals surface area contributed by atoms with Crippen LogP contribution in [0.4, 0.5) is 5.69 Å². The molecule has 1 aromatic heterocycles. The van der Waals surface area contributed by atoms with E-state index in [0.717, 1.165) is 5.56 Å². The lowest BCUT2D eigenvalue weighted by Crippen LogP contribution is -2.45. The van der Waals surface area contributed by atoms with Crippen molar-refractivity contribution in [1.82, 2.24) is 15.0 Å². The van der Waals surface area contributed by atoms with E-state index in [9.17, 15) is 13.2 Å². The first-order valence-corrected chi connectivity index (χ1v) is 10.4. The smallest absolute Gasteiger partial charge is 0.287 e. The fourth-order valence-corrected chi connectivity index (χ4v) is 4.35. The third-order valence-corrected chi connectivity index (χ3v) is 5.91. The highest BCUT2D eigenvalue weighted by Gasteiger charge is 2.29. The average Bonchev–Trinajstić information content (AvgIpc) is 3.23. The van der Waals surface area contributed by atoms with Crippen LogP contribution in [0.3, 0.4) is 0 Å². The predicted octanol–water partition coefficient (Wildman–Crippen LogP) is 2.60. The van der Waals surface area contributed by atoms with Gasteiger partial charge in [-0.15, -0.1) is 0 Å². The Morgan fingerprint density at radius 1 is 1.21 bits per heavy atom. The Morgan fingerprint density at radius 2 is 2.00 bits per heavy atom. The van der Waals surface area contributed by atoms with Gasteiger partial charge < -0.3 is 9.73 Å². The van der Waals surface area contributed by atoms with E-state index in [1.54, 1.807) is 0 Å². The van der Waals surface area contributed by atoms with E-state index in [1.165, 1.54) is 30.7 Å². The van der Waals surface area contributed by atoms with Crippen LogP contribution in [0.1, 0.15) is 17.4 Å². The number of nitrogens with one attached hydrogen (secondary N) is 2. The third-order valence-electron chi connectivity index (χ3n) is 4.31. The minimum absolute atomic E-state index is 0.0801. The first-order valence-electron chi connectivity index (χ1n) is 8.57. The van der Waals surface area contributed by atoms with Crippen molar-refractivity contribution in [2.45, 2.75) is 10.8 Å². The van der Waals surface area contributed by atoms with Gasteiger partial charge in [0.15, 0.2) is 0 Å². The monoisotopic (exact) mass is 430 g/mol. The van der Waals surface area contributed by atoms with Crippen LogP contribution in [0.5, 0.6) is 0 Å². The molecule has 4 rings (SSSR count). The molecule has 10 heteroatoms. The zero-order chi connectivity index (χ0) is 20.4. The predicted molar refractivity (Wildman–Crippen MR) is 107 cm³/mol. The first kappa shape index (κ1) is 19.2. The molecule has 1 aliphatic rings. The number of aromatic nitrogens is 1. The summed E-state index contributed by atoms with van der Waals surface area (Å²) in [5.74, 6) is -0.898. The Labute approximate surface area is 171 Å². The van der Waals surface area contributed by atoms with Gasteiger partial charge >= 0.3 is 0 Å². The van der Waals surface area contributed by atoms with Gasteiger partial charge in [-0.25, -0.2) is 18.4 Å². The summed E-state index contributed by atoms with van der Waals surface area (Å²) in [4.78, 5) is 20.8. The summed E-state index contributed by atoms with van der Waals surface area (Å²) in [6.07, 6.45) is 2.98. The number of carbonyl (C=O) groups excluding carboxylic acids is 1. The zero-order valence-corrected chi connectivity index (χ0v) is 16.4. The van der Waals surface area contributed by atoms with Gasteiger partial charge in [0.1, 0.15) is 11.2 Å². The zero-order valence-electron chi connectivity index (χ0n) is 14.9. The van der Waals surface area contributed by atoms with E-state index < -0.39 is 15.9 Å². The highest BCUT2D eigenvalue weighted by Crippen LogP contribution is 2.30. The molecule has 8 nitrogen and oxygen atoms in total. The molecule has 1 unspecified atom stereocenters. The summed E-state index contributed by atoms with van der Waals surface area (Å²) in [5.41, 5.74) is 1.03. The topological polar surface area (TPSA) is 114 Å².